The van der Waals surface area contributed by atoms with Gasteiger partial charge in [0.05, 0.1) is 19.8 Å². The lowest BCUT2D eigenvalue weighted by molar-refractivity contribution is 0.185. The fraction of sp³-hybridized carbons (Fsp3) is 0.600. The Hall–Kier alpha value is -0.600. The average Bonchev–Trinajstić information content (AvgIpc) is 1.98. The molecule has 0 saturated heterocycles. The molecule has 0 radical (unpaired) electrons. The number of hydrogen-bond donors (Lipinski definition) is 1. The lowest BCUT2D eigenvalue weighted by atomic mass is 10.3. The van der Waals surface area contributed by atoms with E-state index in [9.17, 15) is 0 Å². The van der Waals surface area contributed by atoms with Gasteiger partial charge in [0.2, 0.25) is 0 Å². The third kappa shape index (κ3) is 7.51. The van der Waals surface area contributed by atoms with Crippen molar-refractivity contribution in [1.82, 2.24) is 0 Å². The van der Waals surface area contributed by atoms with Gasteiger partial charge in [-0.3, -0.25) is 0 Å². The van der Waals surface area contributed by atoms with Crippen molar-refractivity contribution in [2.24, 2.45) is 0 Å². The van der Waals surface area contributed by atoms with E-state index in [-0.39, 0.29) is 6.61 Å². The highest BCUT2D eigenvalue weighted by atomic mass is 16.5. The number of hydrogen-bond acceptors (Lipinski definition) is 2. The predicted molar refractivity (Wildman–Crippen MR) is 51.1 cm³/mol. The molecule has 0 unspecified atom stereocenters. The minimum absolute atomic E-state index is 0.0951. The Morgan fingerprint density at radius 3 is 2.42 bits per heavy atom. The molecule has 0 aromatic rings. The second-order valence-corrected chi connectivity index (χ2v) is 3.03. The summed E-state index contributed by atoms with van der Waals surface area (Å²) >= 11 is 0. The van der Waals surface area contributed by atoms with Crippen LogP contribution in [0.25, 0.3) is 0 Å². The smallest absolute Gasteiger partial charge is 0.0679 e. The molecule has 0 saturated carbocycles. The number of aliphatic hydroxyl groups is 1. The topological polar surface area (TPSA) is 29.5 Å². The Balaban J connectivity index is 3.44. The van der Waals surface area contributed by atoms with Crippen molar-refractivity contribution < 1.29 is 9.84 Å². The zero-order chi connectivity index (χ0) is 9.40. The summed E-state index contributed by atoms with van der Waals surface area (Å²) < 4.78 is 5.30. The van der Waals surface area contributed by atoms with Crippen molar-refractivity contribution in [2.75, 3.05) is 19.8 Å². The maximum absolute atomic E-state index is 8.54. The van der Waals surface area contributed by atoms with Gasteiger partial charge in [0.15, 0.2) is 0 Å². The van der Waals surface area contributed by atoms with E-state index in [2.05, 4.69) is 0 Å². The van der Waals surface area contributed by atoms with Crippen LogP contribution < -0.4 is 0 Å². The van der Waals surface area contributed by atoms with Crippen LogP contribution in [0, 0.1) is 0 Å². The molecule has 0 fully saturated rings. The van der Waals surface area contributed by atoms with Gasteiger partial charge in [-0.15, -0.1) is 0 Å². The Bertz CT molecular complexity index is 165. The highest BCUT2D eigenvalue weighted by Gasteiger charge is 1.87. The Kier molecular flexibility index (Phi) is 6.72. The van der Waals surface area contributed by atoms with Gasteiger partial charge in [-0.25, -0.2) is 0 Å². The molecule has 2 nitrogen and oxygen atoms in total. The van der Waals surface area contributed by atoms with Crippen LogP contribution in [0.3, 0.4) is 0 Å². The second kappa shape index (κ2) is 7.07. The van der Waals surface area contributed by atoms with Crippen LogP contribution in [0.1, 0.15) is 20.8 Å². The van der Waals surface area contributed by atoms with Crippen LogP contribution >= 0.6 is 0 Å². The van der Waals surface area contributed by atoms with Gasteiger partial charge in [0.25, 0.3) is 0 Å². The zero-order valence-corrected chi connectivity index (χ0v) is 8.13. The van der Waals surface area contributed by atoms with Gasteiger partial charge in [0.1, 0.15) is 0 Å². The lowest BCUT2D eigenvalue weighted by Gasteiger charge is -2.00. The number of ether oxygens (including phenoxy) is 1. The van der Waals surface area contributed by atoms with Gasteiger partial charge >= 0.3 is 0 Å². The number of aliphatic hydroxyl groups excluding tert-OH is 1. The van der Waals surface area contributed by atoms with Crippen molar-refractivity contribution >= 4 is 0 Å². The van der Waals surface area contributed by atoms with E-state index in [0.29, 0.717) is 13.2 Å². The SMILES string of the molecule is CC(C)=CCOC/C(C)=C/CO. The third-order valence-electron chi connectivity index (χ3n) is 1.38. The maximum atomic E-state index is 8.54. The monoisotopic (exact) mass is 170 g/mol. The van der Waals surface area contributed by atoms with Gasteiger partial charge in [0, 0.05) is 0 Å². The van der Waals surface area contributed by atoms with E-state index < -0.39 is 0 Å². The van der Waals surface area contributed by atoms with Crippen molar-refractivity contribution in [3.8, 4) is 0 Å². The molecule has 2 heteroatoms. The molecular formula is C10H18O2. The van der Waals surface area contributed by atoms with Gasteiger partial charge < -0.3 is 9.84 Å². The minimum Gasteiger partial charge on any atom is -0.392 e. The van der Waals surface area contributed by atoms with Gasteiger partial charge in [-0.2, -0.15) is 0 Å². The summed E-state index contributed by atoms with van der Waals surface area (Å²) in [5.74, 6) is 0. The molecule has 0 aliphatic heterocycles. The van der Waals surface area contributed by atoms with Crippen LogP contribution in [0.5, 0.6) is 0 Å². The summed E-state index contributed by atoms with van der Waals surface area (Å²) in [6, 6.07) is 0. The highest BCUT2D eigenvalue weighted by Crippen LogP contribution is 1.94. The second-order valence-electron chi connectivity index (χ2n) is 3.03. The van der Waals surface area contributed by atoms with Crippen molar-refractivity contribution in [1.29, 1.82) is 0 Å². The minimum atomic E-state index is 0.0951. The third-order valence-corrected chi connectivity index (χ3v) is 1.38. The largest absolute Gasteiger partial charge is 0.392 e. The molecule has 0 amide bonds. The molecule has 12 heavy (non-hydrogen) atoms. The molecule has 0 spiro atoms. The summed E-state index contributed by atoms with van der Waals surface area (Å²) in [5, 5.41) is 8.54. The van der Waals surface area contributed by atoms with E-state index in [1.165, 1.54) is 5.57 Å². The number of allylic oxidation sites excluding steroid dienone is 1. The van der Waals surface area contributed by atoms with E-state index in [0.717, 1.165) is 5.57 Å². The lowest BCUT2D eigenvalue weighted by Crippen LogP contribution is -1.96. The fourth-order valence-corrected chi connectivity index (χ4v) is 0.660. The first-order chi connectivity index (χ1) is 5.66. The van der Waals surface area contributed by atoms with Crippen LogP contribution in [0.4, 0.5) is 0 Å². The summed E-state index contributed by atoms with van der Waals surface area (Å²) in [6.07, 6.45) is 3.79. The maximum Gasteiger partial charge on any atom is 0.0679 e. The first-order valence-electron chi connectivity index (χ1n) is 4.14. The molecule has 0 aliphatic rings. The summed E-state index contributed by atoms with van der Waals surface area (Å²) in [6.45, 7) is 7.37. The fourth-order valence-electron chi connectivity index (χ4n) is 0.660. The summed E-state index contributed by atoms with van der Waals surface area (Å²) in [7, 11) is 0. The van der Waals surface area contributed by atoms with Gasteiger partial charge in [-0.05, 0) is 26.3 Å². The van der Waals surface area contributed by atoms with Crippen LogP contribution in [0.15, 0.2) is 23.3 Å². The van der Waals surface area contributed by atoms with Crippen molar-refractivity contribution in [3.63, 3.8) is 0 Å². The van der Waals surface area contributed by atoms with Crippen LogP contribution in [-0.2, 0) is 4.74 Å². The molecular weight excluding hydrogens is 152 g/mol. The molecule has 0 aromatic carbocycles. The molecule has 0 heterocycles. The quantitative estimate of drug-likeness (QED) is 0.504. The highest BCUT2D eigenvalue weighted by molar-refractivity contribution is 4.98. The normalized spacial score (nSPS) is 11.5. The summed E-state index contributed by atoms with van der Waals surface area (Å²) in [4.78, 5) is 0. The Morgan fingerprint density at radius 1 is 1.25 bits per heavy atom. The van der Waals surface area contributed by atoms with E-state index in [1.807, 2.05) is 26.8 Å². The van der Waals surface area contributed by atoms with E-state index in [4.69, 9.17) is 9.84 Å². The first-order valence-corrected chi connectivity index (χ1v) is 4.14. The van der Waals surface area contributed by atoms with E-state index >= 15 is 0 Å². The molecule has 0 aromatic heterocycles. The molecule has 70 valence electrons. The number of rotatable bonds is 5. The molecule has 0 rings (SSSR count). The molecule has 0 atom stereocenters. The zero-order valence-electron chi connectivity index (χ0n) is 8.13. The molecule has 0 aliphatic carbocycles. The first kappa shape index (κ1) is 11.4. The Labute approximate surface area is 74.6 Å². The van der Waals surface area contributed by atoms with Gasteiger partial charge in [-0.1, -0.05) is 17.7 Å². The summed E-state index contributed by atoms with van der Waals surface area (Å²) in [5.41, 5.74) is 2.33. The Morgan fingerprint density at radius 2 is 1.92 bits per heavy atom. The van der Waals surface area contributed by atoms with E-state index in [1.54, 1.807) is 6.08 Å². The standard InChI is InChI=1S/C10H18O2/c1-9(2)5-7-12-8-10(3)4-6-11/h4-5,11H,6-8H2,1-3H3/b10-4+. The van der Waals surface area contributed by atoms with Crippen LogP contribution in [-0.4, -0.2) is 24.9 Å². The van der Waals surface area contributed by atoms with Crippen molar-refractivity contribution in [2.45, 2.75) is 20.8 Å². The molecule has 0 bridgehead atoms. The van der Waals surface area contributed by atoms with Crippen LogP contribution in [0.2, 0.25) is 0 Å². The average molecular weight is 170 g/mol. The predicted octanol–water partition coefficient (Wildman–Crippen LogP) is 1.91. The molecule has 1 N–H and O–H groups in total. The van der Waals surface area contributed by atoms with Crippen molar-refractivity contribution in [3.05, 3.63) is 23.3 Å².